The van der Waals surface area contributed by atoms with Crippen LogP contribution in [0.1, 0.15) is 55.2 Å². The van der Waals surface area contributed by atoms with Gasteiger partial charge in [0.2, 0.25) is 0 Å². The van der Waals surface area contributed by atoms with Crippen LogP contribution in [-0.4, -0.2) is 75.0 Å². The Bertz CT molecular complexity index is 1380. The first-order valence-electron chi connectivity index (χ1n) is 12.5. The second-order valence-electron chi connectivity index (χ2n) is 10.4. The van der Waals surface area contributed by atoms with E-state index in [0.29, 0.717) is 36.3 Å². The topological polar surface area (TPSA) is 121 Å². The van der Waals surface area contributed by atoms with Crippen LogP contribution in [0, 0.1) is 18.2 Å². The van der Waals surface area contributed by atoms with Crippen molar-refractivity contribution in [1.82, 2.24) is 24.4 Å². The fourth-order valence-corrected chi connectivity index (χ4v) is 4.20. The molecule has 4 rings (SSSR count). The molecule has 0 bridgehead atoms. The monoisotopic (exact) mass is 521 g/mol. The van der Waals surface area contributed by atoms with Crippen LogP contribution in [0.4, 0.5) is 4.39 Å². The number of aldehydes is 1. The number of amides is 1. The summed E-state index contributed by atoms with van der Waals surface area (Å²) in [6.45, 7) is 12.2. The van der Waals surface area contributed by atoms with Crippen molar-refractivity contribution in [1.29, 1.82) is 5.41 Å². The number of allylic oxidation sites excluding steroid dienone is 1. The fourth-order valence-electron chi connectivity index (χ4n) is 4.20. The number of piperazine rings is 1. The normalized spacial score (nSPS) is 15.8. The summed E-state index contributed by atoms with van der Waals surface area (Å²) in [6.07, 6.45) is 4.68. The van der Waals surface area contributed by atoms with Crippen molar-refractivity contribution < 1.29 is 14.0 Å². The van der Waals surface area contributed by atoms with Crippen molar-refractivity contribution in [2.75, 3.05) is 26.7 Å². The molecular weight excluding hydrogens is 485 g/mol. The number of hydrogen-bond donors (Lipinski definition) is 2. The van der Waals surface area contributed by atoms with Crippen LogP contribution >= 0.6 is 0 Å². The Labute approximate surface area is 222 Å². The van der Waals surface area contributed by atoms with Crippen LogP contribution in [-0.2, 0) is 4.79 Å². The van der Waals surface area contributed by atoms with Crippen LogP contribution in [0.3, 0.4) is 0 Å². The highest BCUT2D eigenvalue weighted by molar-refractivity contribution is 5.96. The zero-order chi connectivity index (χ0) is 28.2. The van der Waals surface area contributed by atoms with Gasteiger partial charge in [0.1, 0.15) is 11.5 Å². The number of imidazole rings is 1. The first-order valence-corrected chi connectivity index (χ1v) is 12.5. The highest BCUT2D eigenvalue weighted by atomic mass is 19.1. The number of aryl methyl sites for hydroxylation is 1. The predicted molar refractivity (Wildman–Crippen MR) is 147 cm³/mol. The zero-order valence-corrected chi connectivity index (χ0v) is 22.8. The molecule has 1 aromatic carbocycles. The first kappa shape index (κ1) is 28.6. The Morgan fingerprint density at radius 1 is 1.24 bits per heavy atom. The van der Waals surface area contributed by atoms with Gasteiger partial charge >= 0.3 is 0 Å². The number of nitrogens with one attached hydrogen (secondary N) is 1. The Kier molecular flexibility index (Phi) is 8.78. The fraction of sp³-hybridized carbons (Fsp3) is 0.393. The van der Waals surface area contributed by atoms with Crippen molar-refractivity contribution >= 4 is 24.1 Å². The van der Waals surface area contributed by atoms with E-state index in [1.807, 2.05) is 6.07 Å². The molecule has 3 N–H and O–H groups in total. The molecule has 9 nitrogen and oxygen atoms in total. The molecular formula is C28H36FN7O2. The second-order valence-corrected chi connectivity index (χ2v) is 10.4. The molecule has 1 saturated heterocycles. The number of nitrogens with zero attached hydrogens (tertiary/aromatic N) is 5. The van der Waals surface area contributed by atoms with Gasteiger partial charge in [0.15, 0.2) is 11.9 Å². The van der Waals surface area contributed by atoms with Gasteiger partial charge in [0.25, 0.3) is 5.91 Å². The van der Waals surface area contributed by atoms with Crippen LogP contribution < -0.4 is 5.73 Å². The van der Waals surface area contributed by atoms with Crippen LogP contribution in [0.25, 0.3) is 16.9 Å². The summed E-state index contributed by atoms with van der Waals surface area (Å²) in [6, 6.07) is 6.87. The quantitative estimate of drug-likeness (QED) is 0.299. The average molecular weight is 522 g/mol. The lowest BCUT2D eigenvalue weighted by atomic mass is 9.99. The molecule has 2 aromatic heterocycles. The minimum atomic E-state index is -0.236. The lowest BCUT2D eigenvalue weighted by Crippen LogP contribution is -2.59. The number of carbonyl (C=O) groups excluding carboxylic acids is 2. The van der Waals surface area contributed by atoms with Gasteiger partial charge in [-0.05, 0) is 69.6 Å². The van der Waals surface area contributed by atoms with E-state index >= 15 is 0 Å². The van der Waals surface area contributed by atoms with E-state index < -0.39 is 0 Å². The SMILES string of the molecule is CN1CCN(C(=O)/C(N)=C/C=N)CC1(C)C.Cc1cc(-c2cc(C(C)C)c3nc(C=O)cn3n2)ccc1F. The van der Waals surface area contributed by atoms with Gasteiger partial charge in [-0.25, -0.2) is 13.9 Å². The number of fused-ring (bicyclic) bond motifs is 1. The summed E-state index contributed by atoms with van der Waals surface area (Å²) < 4.78 is 15.1. The van der Waals surface area contributed by atoms with Crippen molar-refractivity contribution in [3.05, 3.63) is 64.9 Å². The minimum absolute atomic E-state index is 0.0289. The van der Waals surface area contributed by atoms with E-state index in [2.05, 4.69) is 49.7 Å². The van der Waals surface area contributed by atoms with Gasteiger partial charge in [0, 0.05) is 42.5 Å². The van der Waals surface area contributed by atoms with E-state index in [-0.39, 0.29) is 28.9 Å². The predicted octanol–water partition coefficient (Wildman–Crippen LogP) is 3.81. The van der Waals surface area contributed by atoms with Crippen molar-refractivity contribution in [3.8, 4) is 11.3 Å². The number of nitrogens with two attached hydrogens (primary N) is 1. The largest absolute Gasteiger partial charge is 0.394 e. The number of benzene rings is 1. The maximum Gasteiger partial charge on any atom is 0.269 e. The van der Waals surface area contributed by atoms with Crippen molar-refractivity contribution in [2.24, 2.45) is 5.73 Å². The maximum atomic E-state index is 13.4. The molecule has 0 radical (unpaired) electrons. The van der Waals surface area contributed by atoms with Crippen molar-refractivity contribution in [3.63, 3.8) is 0 Å². The summed E-state index contributed by atoms with van der Waals surface area (Å²) in [5.74, 6) is -0.183. The summed E-state index contributed by atoms with van der Waals surface area (Å²) in [5.41, 5.74) is 9.86. The van der Waals surface area contributed by atoms with E-state index in [1.165, 1.54) is 12.1 Å². The molecule has 0 atom stereocenters. The average Bonchev–Trinajstić information content (AvgIpc) is 3.30. The van der Waals surface area contributed by atoms with Crippen molar-refractivity contribution in [2.45, 2.75) is 46.1 Å². The van der Waals surface area contributed by atoms with E-state index in [1.54, 1.807) is 34.7 Å². The highest BCUT2D eigenvalue weighted by Crippen LogP contribution is 2.26. The van der Waals surface area contributed by atoms with Crippen LogP contribution in [0.2, 0.25) is 0 Å². The molecule has 1 aliphatic heterocycles. The third-order valence-electron chi connectivity index (χ3n) is 6.78. The van der Waals surface area contributed by atoms with E-state index in [4.69, 9.17) is 11.1 Å². The summed E-state index contributed by atoms with van der Waals surface area (Å²) in [4.78, 5) is 31.1. The van der Waals surface area contributed by atoms with Gasteiger partial charge < -0.3 is 16.0 Å². The molecule has 3 aromatic rings. The lowest BCUT2D eigenvalue weighted by Gasteiger charge is -2.45. The van der Waals surface area contributed by atoms with Gasteiger partial charge in [-0.15, -0.1) is 0 Å². The Morgan fingerprint density at radius 2 is 1.95 bits per heavy atom. The number of aromatic nitrogens is 3. The van der Waals surface area contributed by atoms with Gasteiger partial charge in [-0.1, -0.05) is 13.8 Å². The molecule has 202 valence electrons. The molecule has 3 heterocycles. The highest BCUT2D eigenvalue weighted by Gasteiger charge is 2.33. The Morgan fingerprint density at radius 3 is 2.53 bits per heavy atom. The number of carbonyl (C=O) groups is 2. The maximum absolute atomic E-state index is 13.4. The molecule has 0 unspecified atom stereocenters. The zero-order valence-electron chi connectivity index (χ0n) is 22.8. The summed E-state index contributed by atoms with van der Waals surface area (Å²) in [7, 11) is 2.05. The standard InChI is InChI=1S/C17H16FN3O.C11H20N4O/c1-10(2)14-7-16(12-4-5-15(18)11(3)6-12)20-21-8-13(9-22)19-17(14)21;1-11(2)8-15(7-6-14(11)3)10(16)9(13)4-5-12/h4-10H,1-3H3;4-5,12H,6-8,13H2,1-3H3/b;9-4-,12-5?. The first-order chi connectivity index (χ1) is 17.9. The molecule has 0 aliphatic carbocycles. The Hall–Kier alpha value is -3.92. The number of likely N-dealkylation sites (N-methyl/N-ethyl adjacent to an activating group) is 1. The van der Waals surface area contributed by atoms with Gasteiger partial charge in [0.05, 0.1) is 17.6 Å². The molecule has 1 amide bonds. The van der Waals surface area contributed by atoms with E-state index in [0.717, 1.165) is 29.6 Å². The smallest absolute Gasteiger partial charge is 0.269 e. The minimum Gasteiger partial charge on any atom is -0.394 e. The molecule has 0 saturated carbocycles. The summed E-state index contributed by atoms with van der Waals surface area (Å²) >= 11 is 0. The molecule has 1 aliphatic rings. The van der Waals surface area contributed by atoms with Gasteiger partial charge in [-0.2, -0.15) is 5.10 Å². The molecule has 38 heavy (non-hydrogen) atoms. The second kappa shape index (κ2) is 11.6. The number of rotatable bonds is 5. The van der Waals surface area contributed by atoms with Crippen LogP contribution in [0.15, 0.2) is 42.2 Å². The van der Waals surface area contributed by atoms with Crippen LogP contribution in [0.5, 0.6) is 0 Å². The third-order valence-corrected chi connectivity index (χ3v) is 6.78. The Balaban J connectivity index is 0.000000223. The number of halogens is 1. The molecule has 1 fully saturated rings. The number of hydrogen-bond acceptors (Lipinski definition) is 7. The summed E-state index contributed by atoms with van der Waals surface area (Å²) in [5, 5.41) is 11.4. The van der Waals surface area contributed by atoms with E-state index in [9.17, 15) is 14.0 Å². The van der Waals surface area contributed by atoms with Gasteiger partial charge in [-0.3, -0.25) is 14.5 Å². The molecule has 0 spiro atoms. The molecule has 10 heteroatoms. The third kappa shape index (κ3) is 6.31. The lowest BCUT2D eigenvalue weighted by molar-refractivity contribution is -0.131.